The highest BCUT2D eigenvalue weighted by molar-refractivity contribution is 8.03. The van der Waals surface area contributed by atoms with Gasteiger partial charge in [-0.1, -0.05) is 50.7 Å². The lowest BCUT2D eigenvalue weighted by atomic mass is 9.95. The van der Waals surface area contributed by atoms with E-state index in [4.69, 9.17) is 0 Å². The molecule has 0 saturated carbocycles. The quantitative estimate of drug-likeness (QED) is 0.446. The predicted octanol–water partition coefficient (Wildman–Crippen LogP) is 4.20. The van der Waals surface area contributed by atoms with Crippen LogP contribution in [0.5, 0.6) is 0 Å². The molecule has 0 aliphatic heterocycles. The SMILES string of the molecule is CC(C)(C)/C(Sc1ccccc1)=C(/F)C=O. The second-order valence-corrected chi connectivity index (χ2v) is 5.54. The number of hydrogen-bond donors (Lipinski definition) is 0. The Kier molecular flexibility index (Phi) is 4.30. The minimum atomic E-state index is -0.679. The van der Waals surface area contributed by atoms with E-state index < -0.39 is 5.83 Å². The Morgan fingerprint density at radius 3 is 2.25 bits per heavy atom. The summed E-state index contributed by atoms with van der Waals surface area (Å²) in [5.41, 5.74) is -0.370. The highest BCUT2D eigenvalue weighted by atomic mass is 32.2. The van der Waals surface area contributed by atoms with Gasteiger partial charge in [0.05, 0.1) is 0 Å². The molecule has 3 heteroatoms. The number of rotatable bonds is 3. The number of benzene rings is 1. The highest BCUT2D eigenvalue weighted by Crippen LogP contribution is 2.41. The van der Waals surface area contributed by atoms with Crippen LogP contribution in [0.25, 0.3) is 0 Å². The lowest BCUT2D eigenvalue weighted by molar-refractivity contribution is -0.106. The Hall–Kier alpha value is -1.09. The molecule has 86 valence electrons. The second kappa shape index (κ2) is 5.30. The molecular weight excluding hydrogens is 223 g/mol. The lowest BCUT2D eigenvalue weighted by Gasteiger charge is -2.22. The summed E-state index contributed by atoms with van der Waals surface area (Å²) in [6, 6.07) is 9.48. The molecule has 0 aliphatic carbocycles. The molecule has 1 nitrogen and oxygen atoms in total. The Bertz CT molecular complexity index is 390. The summed E-state index contributed by atoms with van der Waals surface area (Å²) >= 11 is 1.30. The fourth-order valence-electron chi connectivity index (χ4n) is 1.22. The lowest BCUT2D eigenvalue weighted by Crippen LogP contribution is -2.09. The molecule has 0 amide bonds. The van der Waals surface area contributed by atoms with Crippen molar-refractivity contribution in [1.82, 2.24) is 0 Å². The molecule has 0 saturated heterocycles. The van der Waals surface area contributed by atoms with E-state index in [0.29, 0.717) is 4.91 Å². The van der Waals surface area contributed by atoms with E-state index in [-0.39, 0.29) is 11.7 Å². The topological polar surface area (TPSA) is 17.1 Å². The van der Waals surface area contributed by atoms with Crippen LogP contribution in [-0.4, -0.2) is 6.29 Å². The van der Waals surface area contributed by atoms with E-state index in [0.717, 1.165) is 4.90 Å². The Labute approximate surface area is 99.7 Å². The average Bonchev–Trinajstić information content (AvgIpc) is 2.25. The maximum Gasteiger partial charge on any atom is 0.179 e. The molecular formula is C13H15FOS. The van der Waals surface area contributed by atoms with Gasteiger partial charge in [-0.2, -0.15) is 0 Å². The van der Waals surface area contributed by atoms with Gasteiger partial charge in [-0.15, -0.1) is 0 Å². The van der Waals surface area contributed by atoms with Gasteiger partial charge < -0.3 is 0 Å². The van der Waals surface area contributed by atoms with Crippen LogP contribution in [0.15, 0.2) is 46.0 Å². The molecule has 0 atom stereocenters. The largest absolute Gasteiger partial charge is 0.295 e. The minimum absolute atomic E-state index is 0.274. The van der Waals surface area contributed by atoms with E-state index in [2.05, 4.69) is 0 Å². The van der Waals surface area contributed by atoms with Gasteiger partial charge in [-0.05, 0) is 17.5 Å². The van der Waals surface area contributed by atoms with E-state index in [1.54, 1.807) is 0 Å². The summed E-state index contributed by atoms with van der Waals surface area (Å²) in [6.45, 7) is 5.67. The molecule has 0 spiro atoms. The number of halogens is 1. The van der Waals surface area contributed by atoms with Crippen molar-refractivity contribution in [3.05, 3.63) is 41.1 Å². The molecule has 0 fully saturated rings. The van der Waals surface area contributed by atoms with E-state index in [1.807, 2.05) is 51.1 Å². The molecule has 0 radical (unpaired) electrons. The van der Waals surface area contributed by atoms with Crippen molar-refractivity contribution >= 4 is 18.0 Å². The first-order valence-electron chi connectivity index (χ1n) is 5.03. The van der Waals surface area contributed by atoms with Gasteiger partial charge in [0.2, 0.25) is 0 Å². The van der Waals surface area contributed by atoms with Crippen LogP contribution in [0.2, 0.25) is 0 Å². The van der Waals surface area contributed by atoms with Crippen molar-refractivity contribution in [2.75, 3.05) is 0 Å². The monoisotopic (exact) mass is 238 g/mol. The zero-order chi connectivity index (χ0) is 12.2. The highest BCUT2D eigenvalue weighted by Gasteiger charge is 2.22. The van der Waals surface area contributed by atoms with Crippen LogP contribution in [0, 0.1) is 5.41 Å². The first-order valence-corrected chi connectivity index (χ1v) is 5.85. The summed E-state index contributed by atoms with van der Waals surface area (Å²) in [7, 11) is 0. The van der Waals surface area contributed by atoms with Gasteiger partial charge >= 0.3 is 0 Å². The Morgan fingerprint density at radius 2 is 1.81 bits per heavy atom. The molecule has 1 aromatic carbocycles. The predicted molar refractivity (Wildman–Crippen MR) is 66.0 cm³/mol. The summed E-state index contributed by atoms with van der Waals surface area (Å²) in [4.78, 5) is 11.9. The van der Waals surface area contributed by atoms with Crippen molar-refractivity contribution < 1.29 is 9.18 Å². The normalized spacial score (nSPS) is 13.2. The summed E-state index contributed by atoms with van der Waals surface area (Å²) in [5.74, 6) is -0.679. The number of aldehydes is 1. The molecule has 0 aromatic heterocycles. The van der Waals surface area contributed by atoms with Crippen LogP contribution < -0.4 is 0 Å². The van der Waals surface area contributed by atoms with Gasteiger partial charge in [-0.25, -0.2) is 4.39 Å². The summed E-state index contributed by atoms with van der Waals surface area (Å²) in [6.07, 6.45) is 0.274. The third kappa shape index (κ3) is 3.49. The second-order valence-electron chi connectivity index (χ2n) is 4.46. The van der Waals surface area contributed by atoms with Gasteiger partial charge in [0, 0.05) is 9.80 Å². The maximum absolute atomic E-state index is 13.5. The Balaban J connectivity index is 3.03. The third-order valence-electron chi connectivity index (χ3n) is 1.96. The fraction of sp³-hybridized carbons (Fsp3) is 0.308. The van der Waals surface area contributed by atoms with Crippen LogP contribution in [0.1, 0.15) is 20.8 Å². The number of carbonyl (C=O) groups is 1. The molecule has 0 unspecified atom stereocenters. The molecule has 16 heavy (non-hydrogen) atoms. The molecule has 0 heterocycles. The van der Waals surface area contributed by atoms with Crippen LogP contribution in [0.3, 0.4) is 0 Å². The molecule has 1 aromatic rings. The number of thioether (sulfide) groups is 1. The van der Waals surface area contributed by atoms with Crippen molar-refractivity contribution in [3.63, 3.8) is 0 Å². The average molecular weight is 238 g/mol. The van der Waals surface area contributed by atoms with E-state index in [9.17, 15) is 9.18 Å². The molecule has 0 N–H and O–H groups in total. The van der Waals surface area contributed by atoms with E-state index >= 15 is 0 Å². The number of carbonyl (C=O) groups excluding carboxylic acids is 1. The molecule has 0 bridgehead atoms. The van der Waals surface area contributed by atoms with Crippen molar-refractivity contribution in [1.29, 1.82) is 0 Å². The number of allylic oxidation sites excluding steroid dienone is 2. The molecule has 0 aliphatic rings. The van der Waals surface area contributed by atoms with Crippen LogP contribution in [0.4, 0.5) is 4.39 Å². The Morgan fingerprint density at radius 1 is 1.25 bits per heavy atom. The first-order chi connectivity index (χ1) is 7.45. The molecule has 1 rings (SSSR count). The first kappa shape index (κ1) is 13.0. The van der Waals surface area contributed by atoms with Gasteiger partial charge in [0.25, 0.3) is 0 Å². The van der Waals surface area contributed by atoms with Crippen molar-refractivity contribution in [2.24, 2.45) is 5.41 Å². The van der Waals surface area contributed by atoms with Gasteiger partial charge in [-0.3, -0.25) is 4.79 Å². The zero-order valence-corrected chi connectivity index (χ0v) is 10.5. The summed E-state index contributed by atoms with van der Waals surface area (Å²) < 4.78 is 13.5. The van der Waals surface area contributed by atoms with E-state index in [1.165, 1.54) is 11.8 Å². The fourth-order valence-corrected chi connectivity index (χ4v) is 2.20. The van der Waals surface area contributed by atoms with Crippen molar-refractivity contribution in [3.8, 4) is 0 Å². The smallest absolute Gasteiger partial charge is 0.179 e. The van der Waals surface area contributed by atoms with Gasteiger partial charge in [0.1, 0.15) is 0 Å². The minimum Gasteiger partial charge on any atom is -0.295 e. The maximum atomic E-state index is 13.5. The number of hydrogen-bond acceptors (Lipinski definition) is 2. The zero-order valence-electron chi connectivity index (χ0n) is 9.66. The summed E-state index contributed by atoms with van der Waals surface area (Å²) in [5, 5.41) is 0. The van der Waals surface area contributed by atoms with Crippen LogP contribution >= 0.6 is 11.8 Å². The van der Waals surface area contributed by atoms with Gasteiger partial charge in [0.15, 0.2) is 12.1 Å². The van der Waals surface area contributed by atoms with Crippen molar-refractivity contribution in [2.45, 2.75) is 25.7 Å². The van der Waals surface area contributed by atoms with Crippen LogP contribution in [-0.2, 0) is 4.79 Å². The third-order valence-corrected chi connectivity index (χ3v) is 3.48. The standard InChI is InChI=1S/C13H15FOS/c1-13(2,3)12(11(14)9-15)16-10-7-5-4-6-8-10/h4-9H,1-3H3/b12-11-.